The van der Waals surface area contributed by atoms with Crippen LogP contribution in [-0.4, -0.2) is 39.4 Å². The lowest BCUT2D eigenvalue weighted by molar-refractivity contribution is -0.124. The molecule has 2 aliphatic rings. The van der Waals surface area contributed by atoms with E-state index < -0.39 is 37.6 Å². The van der Waals surface area contributed by atoms with Crippen molar-refractivity contribution in [1.82, 2.24) is 4.90 Å². The minimum absolute atomic E-state index is 0.0550. The largest absolute Gasteiger partial charge is 0.310 e. The van der Waals surface area contributed by atoms with Crippen molar-refractivity contribution in [2.24, 2.45) is 0 Å². The molecule has 0 spiro atoms. The fraction of sp³-hybridized carbons (Fsp3) is 0.250. The minimum Gasteiger partial charge on any atom is -0.310 e. The highest BCUT2D eigenvalue weighted by Gasteiger charge is 2.42. The Morgan fingerprint density at radius 3 is 2.52 bits per heavy atom. The minimum atomic E-state index is -4.84. The number of benzene rings is 1. The molecule has 0 saturated carbocycles. The fourth-order valence-electron chi connectivity index (χ4n) is 2.51. The number of likely N-dealkylation sites (tertiary alicyclic amines) is 1. The molecule has 9 heteroatoms. The summed E-state index contributed by atoms with van der Waals surface area (Å²) in [5.41, 5.74) is 0.421. The quantitative estimate of drug-likeness (QED) is 0.743. The van der Waals surface area contributed by atoms with E-state index in [9.17, 15) is 25.5 Å². The summed E-state index contributed by atoms with van der Waals surface area (Å²) in [5.74, 6) is -0.612. The van der Waals surface area contributed by atoms with E-state index in [0.29, 0.717) is 5.56 Å². The van der Waals surface area contributed by atoms with Crippen LogP contribution in [-0.2, 0) is 24.9 Å². The zero-order chi connectivity index (χ0) is 15.4. The smallest absolute Gasteiger partial charge is 0.307 e. The predicted molar refractivity (Wildman–Crippen MR) is 71.8 cm³/mol. The van der Waals surface area contributed by atoms with Crippen molar-refractivity contribution in [3.8, 4) is 0 Å². The fourth-order valence-corrected chi connectivity index (χ4v) is 4.60. The zero-order valence-electron chi connectivity index (χ0n) is 10.6. The van der Waals surface area contributed by atoms with Gasteiger partial charge in [0.1, 0.15) is 5.25 Å². The molecule has 2 heterocycles. The lowest BCUT2D eigenvalue weighted by Crippen LogP contribution is -2.25. The van der Waals surface area contributed by atoms with Crippen LogP contribution in [0.15, 0.2) is 34.6 Å². The van der Waals surface area contributed by atoms with Crippen molar-refractivity contribution >= 4 is 31.7 Å². The molecule has 1 aromatic rings. The molecule has 0 aromatic heterocycles. The molecule has 112 valence electrons. The Kier molecular flexibility index (Phi) is 2.96. The van der Waals surface area contributed by atoms with Crippen LogP contribution >= 0.6 is 0 Å². The van der Waals surface area contributed by atoms with Crippen LogP contribution in [0.1, 0.15) is 12.0 Å². The Bertz CT molecular complexity index is 873. The lowest BCUT2D eigenvalue weighted by atomic mass is 10.1. The maximum Gasteiger partial charge on any atom is 0.307 e. The SMILES string of the molecule is O=C1CC(S(=O)(=O)F)CN1C1=CS(=O)(=O)c2ccccc21. The van der Waals surface area contributed by atoms with Crippen molar-refractivity contribution in [2.45, 2.75) is 16.6 Å². The Balaban J connectivity index is 2.06. The van der Waals surface area contributed by atoms with E-state index in [4.69, 9.17) is 0 Å². The molecule has 1 amide bonds. The van der Waals surface area contributed by atoms with Gasteiger partial charge >= 0.3 is 10.2 Å². The molecule has 21 heavy (non-hydrogen) atoms. The standard InChI is InChI=1S/C12H10FNO5S2/c13-21(18,19)8-5-12(15)14(6-8)10-7-20(16,17)11-4-2-1-3-9(10)11/h1-4,7-8H,5-6H2. The molecule has 0 bridgehead atoms. The maximum atomic E-state index is 13.0. The van der Waals surface area contributed by atoms with Gasteiger partial charge in [0, 0.05) is 18.5 Å². The normalized spacial score (nSPS) is 24.0. The van der Waals surface area contributed by atoms with Gasteiger partial charge in [0.2, 0.25) is 15.7 Å². The van der Waals surface area contributed by atoms with E-state index in [2.05, 4.69) is 0 Å². The number of sulfone groups is 1. The summed E-state index contributed by atoms with van der Waals surface area (Å²) in [6.07, 6.45) is -0.488. The van der Waals surface area contributed by atoms with E-state index in [-0.39, 0.29) is 17.1 Å². The van der Waals surface area contributed by atoms with Gasteiger partial charge in [-0.25, -0.2) is 8.42 Å². The van der Waals surface area contributed by atoms with Crippen molar-refractivity contribution in [2.75, 3.05) is 6.54 Å². The first-order valence-corrected chi connectivity index (χ1v) is 8.99. The molecule has 1 saturated heterocycles. The first-order chi connectivity index (χ1) is 9.70. The second kappa shape index (κ2) is 4.38. The van der Waals surface area contributed by atoms with E-state index >= 15 is 0 Å². The second-order valence-electron chi connectivity index (χ2n) is 4.85. The van der Waals surface area contributed by atoms with Gasteiger partial charge in [-0.1, -0.05) is 18.2 Å². The second-order valence-corrected chi connectivity index (χ2v) is 8.23. The summed E-state index contributed by atoms with van der Waals surface area (Å²) >= 11 is 0. The summed E-state index contributed by atoms with van der Waals surface area (Å²) in [7, 11) is -8.51. The summed E-state index contributed by atoms with van der Waals surface area (Å²) < 4.78 is 58.9. The van der Waals surface area contributed by atoms with Crippen LogP contribution < -0.4 is 0 Å². The molecule has 2 aliphatic heterocycles. The highest BCUT2D eigenvalue weighted by molar-refractivity contribution is 7.95. The molecule has 0 radical (unpaired) electrons. The van der Waals surface area contributed by atoms with Gasteiger partial charge in [-0.15, -0.1) is 3.89 Å². The lowest BCUT2D eigenvalue weighted by Gasteiger charge is -2.17. The van der Waals surface area contributed by atoms with Gasteiger partial charge in [-0.3, -0.25) is 4.79 Å². The van der Waals surface area contributed by atoms with Crippen LogP contribution in [0.25, 0.3) is 5.70 Å². The molecule has 1 fully saturated rings. The van der Waals surface area contributed by atoms with E-state index in [1.54, 1.807) is 12.1 Å². The van der Waals surface area contributed by atoms with Gasteiger partial charge in [0.15, 0.2) is 0 Å². The highest BCUT2D eigenvalue weighted by Crippen LogP contribution is 2.38. The van der Waals surface area contributed by atoms with Crippen LogP contribution in [0.3, 0.4) is 0 Å². The topological polar surface area (TPSA) is 88.6 Å². The van der Waals surface area contributed by atoms with E-state index in [1.165, 1.54) is 12.1 Å². The molecule has 3 rings (SSSR count). The van der Waals surface area contributed by atoms with Gasteiger partial charge in [0.05, 0.1) is 16.0 Å². The van der Waals surface area contributed by atoms with Gasteiger partial charge in [-0.2, -0.15) is 8.42 Å². The number of fused-ring (bicyclic) bond motifs is 1. The van der Waals surface area contributed by atoms with Crippen LogP contribution in [0.2, 0.25) is 0 Å². The Morgan fingerprint density at radius 2 is 1.90 bits per heavy atom. The van der Waals surface area contributed by atoms with Gasteiger partial charge in [0.25, 0.3) is 0 Å². The zero-order valence-corrected chi connectivity index (χ0v) is 12.2. The monoisotopic (exact) mass is 331 g/mol. The number of nitrogens with zero attached hydrogens (tertiary/aromatic N) is 1. The average Bonchev–Trinajstić information content (AvgIpc) is 2.89. The Morgan fingerprint density at radius 1 is 1.24 bits per heavy atom. The van der Waals surface area contributed by atoms with Crippen LogP contribution in [0.5, 0.6) is 0 Å². The highest BCUT2D eigenvalue weighted by atomic mass is 32.3. The van der Waals surface area contributed by atoms with Crippen molar-refractivity contribution in [1.29, 1.82) is 0 Å². The Labute approximate surface area is 121 Å². The molecular formula is C12H10FNO5S2. The molecular weight excluding hydrogens is 321 g/mol. The van der Waals surface area contributed by atoms with Crippen molar-refractivity contribution in [3.05, 3.63) is 35.2 Å². The van der Waals surface area contributed by atoms with Gasteiger partial charge < -0.3 is 4.90 Å². The van der Waals surface area contributed by atoms with Crippen LogP contribution in [0, 0.1) is 0 Å². The summed E-state index contributed by atoms with van der Waals surface area (Å²) in [4.78, 5) is 13.0. The van der Waals surface area contributed by atoms with Gasteiger partial charge in [-0.05, 0) is 6.07 Å². The molecule has 1 unspecified atom stereocenters. The molecule has 6 nitrogen and oxygen atoms in total. The third-order valence-corrected chi connectivity index (χ3v) is 6.13. The van der Waals surface area contributed by atoms with E-state index in [1.807, 2.05) is 0 Å². The molecule has 1 atom stereocenters. The van der Waals surface area contributed by atoms with Crippen molar-refractivity contribution < 1.29 is 25.5 Å². The molecule has 0 N–H and O–H groups in total. The summed E-state index contributed by atoms with van der Waals surface area (Å²) in [5, 5.41) is -0.538. The third-order valence-electron chi connectivity index (χ3n) is 3.51. The number of carbonyl (C=O) groups excluding carboxylic acids is 1. The Hall–Kier alpha value is -1.74. The number of carbonyl (C=O) groups is 1. The number of amides is 1. The molecule has 1 aromatic carbocycles. The van der Waals surface area contributed by atoms with Crippen molar-refractivity contribution in [3.63, 3.8) is 0 Å². The average molecular weight is 331 g/mol. The van der Waals surface area contributed by atoms with E-state index in [0.717, 1.165) is 10.3 Å². The number of rotatable bonds is 2. The number of hydrogen-bond acceptors (Lipinski definition) is 5. The summed E-state index contributed by atoms with van der Waals surface area (Å²) in [6, 6.07) is 6.08. The summed E-state index contributed by atoms with van der Waals surface area (Å²) in [6.45, 7) is -0.382. The number of halogens is 1. The first kappa shape index (κ1) is 14.2. The van der Waals surface area contributed by atoms with Crippen LogP contribution in [0.4, 0.5) is 3.89 Å². The first-order valence-electron chi connectivity index (χ1n) is 6.00. The third kappa shape index (κ3) is 2.26. The maximum absolute atomic E-state index is 13.0. The predicted octanol–water partition coefficient (Wildman–Crippen LogP) is 0.673. The number of hydrogen-bond donors (Lipinski definition) is 0. The molecule has 0 aliphatic carbocycles.